The number of aryl methyl sites for hydroxylation is 1. The summed E-state index contributed by atoms with van der Waals surface area (Å²) in [5.41, 5.74) is 2.91. The molecule has 0 bridgehead atoms. The van der Waals surface area contributed by atoms with Gasteiger partial charge in [0.25, 0.3) is 0 Å². The number of nitrogens with zero attached hydrogens (tertiary/aromatic N) is 2. The normalized spacial score (nSPS) is 20.4. The Labute approximate surface area is 182 Å². The van der Waals surface area contributed by atoms with Crippen LogP contribution in [0.5, 0.6) is 0 Å². The van der Waals surface area contributed by atoms with Crippen molar-refractivity contribution in [2.45, 2.75) is 50.5 Å². The van der Waals surface area contributed by atoms with Gasteiger partial charge in [-0.2, -0.15) is 0 Å². The predicted molar refractivity (Wildman–Crippen MR) is 121 cm³/mol. The molecule has 30 heavy (non-hydrogen) atoms. The average Bonchev–Trinajstić information content (AvgIpc) is 2.79. The van der Waals surface area contributed by atoms with Crippen molar-refractivity contribution < 1.29 is 14.2 Å². The highest BCUT2D eigenvalue weighted by Crippen LogP contribution is 2.36. The lowest BCUT2D eigenvalue weighted by Crippen LogP contribution is -2.51. The van der Waals surface area contributed by atoms with Crippen LogP contribution in [0.25, 0.3) is 0 Å². The van der Waals surface area contributed by atoms with Crippen molar-refractivity contribution in [3.05, 3.63) is 35.4 Å². The molecule has 0 aliphatic carbocycles. The molecule has 6 nitrogen and oxygen atoms in total. The number of likely N-dealkylation sites (tertiary alicyclic amines) is 1. The molecule has 2 fully saturated rings. The maximum Gasteiger partial charge on any atom is 0.193 e. The maximum atomic E-state index is 6.01. The molecule has 0 atom stereocenters. The molecule has 1 aromatic carbocycles. The van der Waals surface area contributed by atoms with Gasteiger partial charge in [-0.05, 0) is 50.2 Å². The molecule has 0 amide bonds. The zero-order valence-corrected chi connectivity index (χ0v) is 19.0. The first-order valence-corrected chi connectivity index (χ1v) is 11.4. The average molecular weight is 418 g/mol. The predicted octanol–water partition coefficient (Wildman–Crippen LogP) is 3.14. The number of hydrogen-bond acceptors (Lipinski definition) is 4. The van der Waals surface area contributed by atoms with Gasteiger partial charge in [-0.15, -0.1) is 0 Å². The Hall–Kier alpha value is -1.63. The maximum absolute atomic E-state index is 6.01. The minimum absolute atomic E-state index is 0.0995. The van der Waals surface area contributed by atoms with Gasteiger partial charge in [0.2, 0.25) is 0 Å². The van der Waals surface area contributed by atoms with Crippen LogP contribution < -0.4 is 5.32 Å². The van der Waals surface area contributed by atoms with E-state index in [1.165, 1.54) is 11.1 Å². The number of aliphatic imine (C=N–C) groups is 1. The number of nitrogens with one attached hydrogen (secondary N) is 1. The Kier molecular flexibility index (Phi) is 8.97. The summed E-state index contributed by atoms with van der Waals surface area (Å²) in [5.74, 6) is 1.01. The quantitative estimate of drug-likeness (QED) is 0.400. The van der Waals surface area contributed by atoms with Crippen LogP contribution in [0.4, 0.5) is 0 Å². The summed E-state index contributed by atoms with van der Waals surface area (Å²) in [6.07, 6.45) is 5.49. The van der Waals surface area contributed by atoms with Gasteiger partial charge in [0.1, 0.15) is 0 Å². The van der Waals surface area contributed by atoms with Crippen LogP contribution in [0.3, 0.4) is 0 Å². The molecule has 2 aliphatic rings. The summed E-state index contributed by atoms with van der Waals surface area (Å²) < 4.78 is 16.8. The molecule has 6 heteroatoms. The third-order valence-corrected chi connectivity index (χ3v) is 6.55. The van der Waals surface area contributed by atoms with Crippen LogP contribution in [0, 0.1) is 6.92 Å². The Morgan fingerprint density at radius 1 is 1.20 bits per heavy atom. The van der Waals surface area contributed by atoms with Crippen LogP contribution in [-0.4, -0.2) is 77.2 Å². The minimum Gasteiger partial charge on any atom is -0.385 e. The number of ether oxygens (including phenoxy) is 3. The van der Waals surface area contributed by atoms with Crippen LogP contribution >= 0.6 is 0 Å². The van der Waals surface area contributed by atoms with Gasteiger partial charge in [-0.1, -0.05) is 24.3 Å². The number of piperidine rings is 1. The first-order valence-electron chi connectivity index (χ1n) is 11.4. The minimum atomic E-state index is 0.0995. The van der Waals surface area contributed by atoms with E-state index in [0.717, 1.165) is 84.1 Å². The highest BCUT2D eigenvalue weighted by Gasteiger charge is 2.36. The highest BCUT2D eigenvalue weighted by molar-refractivity contribution is 5.80. The van der Waals surface area contributed by atoms with E-state index in [4.69, 9.17) is 14.2 Å². The number of benzene rings is 1. The Balaban J connectivity index is 1.56. The van der Waals surface area contributed by atoms with Crippen LogP contribution in [0.15, 0.2) is 29.3 Å². The van der Waals surface area contributed by atoms with E-state index in [9.17, 15) is 0 Å². The Bertz CT molecular complexity index is 665. The molecule has 0 saturated carbocycles. The fraction of sp³-hybridized carbons (Fsp3) is 0.708. The summed E-state index contributed by atoms with van der Waals surface area (Å²) in [5, 5.41) is 3.71. The summed E-state index contributed by atoms with van der Waals surface area (Å²) in [6.45, 7) is 8.26. The van der Waals surface area contributed by atoms with E-state index < -0.39 is 0 Å². The lowest BCUT2D eigenvalue weighted by Gasteiger charge is -2.41. The molecule has 0 aromatic heterocycles. The largest absolute Gasteiger partial charge is 0.385 e. The first-order chi connectivity index (χ1) is 14.7. The molecular formula is C24H39N3O3. The smallest absolute Gasteiger partial charge is 0.193 e. The number of hydrogen-bond donors (Lipinski definition) is 1. The van der Waals surface area contributed by atoms with Gasteiger partial charge in [0.05, 0.1) is 6.10 Å². The van der Waals surface area contributed by atoms with Crippen LogP contribution in [0.1, 0.15) is 43.2 Å². The van der Waals surface area contributed by atoms with Crippen molar-refractivity contribution in [3.8, 4) is 0 Å². The summed E-state index contributed by atoms with van der Waals surface area (Å²) in [6, 6.07) is 8.79. The second-order valence-electron chi connectivity index (χ2n) is 8.51. The highest BCUT2D eigenvalue weighted by atomic mass is 16.5. The van der Waals surface area contributed by atoms with Crippen molar-refractivity contribution >= 4 is 5.96 Å². The monoisotopic (exact) mass is 417 g/mol. The molecule has 1 aromatic rings. The molecule has 1 N–H and O–H groups in total. The molecule has 168 valence electrons. The molecule has 3 rings (SSSR count). The zero-order valence-electron chi connectivity index (χ0n) is 19.0. The fourth-order valence-electron chi connectivity index (χ4n) is 4.74. The van der Waals surface area contributed by atoms with E-state index in [-0.39, 0.29) is 5.41 Å². The third-order valence-electron chi connectivity index (χ3n) is 6.55. The zero-order chi connectivity index (χ0) is 21.2. The number of rotatable bonds is 8. The van der Waals surface area contributed by atoms with Crippen LogP contribution in [0.2, 0.25) is 0 Å². The standard InChI is InChI=1S/C24H39N3O3/c1-20-7-4-5-8-22(20)24(11-17-29-18-12-24)19-26-23(25-2)27-13-9-21(10-14-27)30-16-6-15-28-3/h4-5,7-8,21H,6,9-19H2,1-3H3,(H,25,26). The molecule has 0 unspecified atom stereocenters. The second kappa shape index (κ2) is 11.7. The van der Waals surface area contributed by atoms with E-state index in [0.29, 0.717) is 6.10 Å². The SMILES string of the molecule is CN=C(NCC1(c2ccccc2C)CCOCC1)N1CCC(OCCCOC)CC1. The third kappa shape index (κ3) is 5.96. The van der Waals surface area contributed by atoms with Gasteiger partial charge in [-0.25, -0.2) is 0 Å². The Morgan fingerprint density at radius 3 is 2.60 bits per heavy atom. The first kappa shape index (κ1) is 23.0. The van der Waals surface area contributed by atoms with Gasteiger partial charge in [0, 0.05) is 65.6 Å². The number of guanidine groups is 1. The summed E-state index contributed by atoms with van der Waals surface area (Å²) >= 11 is 0. The summed E-state index contributed by atoms with van der Waals surface area (Å²) in [7, 11) is 3.63. The van der Waals surface area contributed by atoms with Gasteiger partial charge in [0.15, 0.2) is 5.96 Å². The van der Waals surface area contributed by atoms with Gasteiger partial charge < -0.3 is 24.4 Å². The van der Waals surface area contributed by atoms with Crippen molar-refractivity contribution in [2.75, 3.05) is 60.2 Å². The molecule has 2 saturated heterocycles. The molecule has 0 radical (unpaired) electrons. The lowest BCUT2D eigenvalue weighted by molar-refractivity contribution is 0.00968. The van der Waals surface area contributed by atoms with E-state index >= 15 is 0 Å². The van der Waals surface area contributed by atoms with Gasteiger partial charge >= 0.3 is 0 Å². The fourth-order valence-corrected chi connectivity index (χ4v) is 4.74. The van der Waals surface area contributed by atoms with E-state index in [1.54, 1.807) is 7.11 Å². The van der Waals surface area contributed by atoms with Crippen molar-refractivity contribution in [2.24, 2.45) is 4.99 Å². The van der Waals surface area contributed by atoms with E-state index in [1.807, 2.05) is 7.05 Å². The lowest BCUT2D eigenvalue weighted by atomic mass is 9.72. The Morgan fingerprint density at radius 2 is 1.93 bits per heavy atom. The van der Waals surface area contributed by atoms with E-state index in [2.05, 4.69) is 46.4 Å². The number of methoxy groups -OCH3 is 1. The molecule has 2 heterocycles. The summed E-state index contributed by atoms with van der Waals surface area (Å²) in [4.78, 5) is 6.97. The molecule has 2 aliphatic heterocycles. The van der Waals surface area contributed by atoms with Gasteiger partial charge in [-0.3, -0.25) is 4.99 Å². The van der Waals surface area contributed by atoms with Crippen molar-refractivity contribution in [1.82, 2.24) is 10.2 Å². The van der Waals surface area contributed by atoms with Crippen molar-refractivity contribution in [1.29, 1.82) is 0 Å². The molecular weight excluding hydrogens is 378 g/mol. The second-order valence-corrected chi connectivity index (χ2v) is 8.51. The molecule has 0 spiro atoms. The van der Waals surface area contributed by atoms with Crippen molar-refractivity contribution in [3.63, 3.8) is 0 Å². The van der Waals surface area contributed by atoms with Crippen LogP contribution in [-0.2, 0) is 19.6 Å². The topological polar surface area (TPSA) is 55.3 Å².